The zero-order valence-electron chi connectivity index (χ0n) is 15.6. The van der Waals surface area contributed by atoms with Crippen LogP contribution in [0.3, 0.4) is 0 Å². The fourth-order valence-electron chi connectivity index (χ4n) is 3.22. The molecule has 1 aromatic heterocycles. The summed E-state index contributed by atoms with van der Waals surface area (Å²) in [7, 11) is 0. The first-order chi connectivity index (χ1) is 12.6. The number of amides is 1. The van der Waals surface area contributed by atoms with Crippen molar-refractivity contribution >= 4 is 11.6 Å². The van der Waals surface area contributed by atoms with Crippen LogP contribution in [0, 0.1) is 5.92 Å². The number of carbonyl (C=O) groups excluding carboxylic acids is 1. The van der Waals surface area contributed by atoms with Gasteiger partial charge in [-0.1, -0.05) is 32.0 Å². The molecule has 1 fully saturated rings. The molecule has 6 heteroatoms. The summed E-state index contributed by atoms with van der Waals surface area (Å²) < 4.78 is 1.92. The number of carbonyl (C=O) groups is 1. The zero-order valence-corrected chi connectivity index (χ0v) is 15.6. The molecule has 1 aromatic carbocycles. The van der Waals surface area contributed by atoms with E-state index in [0.29, 0.717) is 24.2 Å². The Kier molecular flexibility index (Phi) is 6.28. The molecule has 0 aliphatic carbocycles. The molecule has 0 spiro atoms. The second-order valence-electron chi connectivity index (χ2n) is 7.25. The van der Waals surface area contributed by atoms with Crippen LogP contribution in [0.5, 0.6) is 0 Å². The van der Waals surface area contributed by atoms with Crippen molar-refractivity contribution < 1.29 is 4.79 Å². The molecular formula is C20H29N5O. The van der Waals surface area contributed by atoms with E-state index in [1.165, 1.54) is 0 Å². The summed E-state index contributed by atoms with van der Waals surface area (Å²) in [6.07, 6.45) is 4.16. The minimum Gasteiger partial charge on any atom is -0.380 e. The molecule has 1 aliphatic heterocycles. The third kappa shape index (κ3) is 4.85. The van der Waals surface area contributed by atoms with Crippen molar-refractivity contribution in [2.75, 3.05) is 25.0 Å². The van der Waals surface area contributed by atoms with E-state index in [1.54, 1.807) is 6.07 Å². The van der Waals surface area contributed by atoms with Crippen molar-refractivity contribution in [2.24, 2.45) is 5.92 Å². The van der Waals surface area contributed by atoms with Gasteiger partial charge in [0.1, 0.15) is 5.69 Å². The Bertz CT molecular complexity index is 691. The monoisotopic (exact) mass is 355 g/mol. The number of benzene rings is 1. The molecule has 0 bridgehead atoms. The third-order valence-electron chi connectivity index (χ3n) is 4.90. The Morgan fingerprint density at radius 2 is 2.12 bits per heavy atom. The van der Waals surface area contributed by atoms with Gasteiger partial charge in [-0.15, -0.1) is 0 Å². The molecular weight excluding hydrogens is 326 g/mol. The molecule has 2 unspecified atom stereocenters. The molecule has 0 radical (unpaired) electrons. The summed E-state index contributed by atoms with van der Waals surface area (Å²) in [5.74, 6) is 0.273. The van der Waals surface area contributed by atoms with Crippen molar-refractivity contribution in [2.45, 2.75) is 38.8 Å². The quantitative estimate of drug-likeness (QED) is 0.714. The third-order valence-corrected chi connectivity index (χ3v) is 4.90. The van der Waals surface area contributed by atoms with Gasteiger partial charge in [-0.3, -0.25) is 9.48 Å². The zero-order chi connectivity index (χ0) is 18.4. The second kappa shape index (κ2) is 8.85. The van der Waals surface area contributed by atoms with Crippen LogP contribution in [-0.2, 0) is 0 Å². The Labute approximate surface area is 155 Å². The molecule has 1 saturated heterocycles. The molecule has 6 nitrogen and oxygen atoms in total. The minimum absolute atomic E-state index is 0.118. The number of piperidine rings is 1. The van der Waals surface area contributed by atoms with Crippen LogP contribution in [0.2, 0.25) is 0 Å². The lowest BCUT2D eigenvalue weighted by Gasteiger charge is -2.24. The molecule has 2 atom stereocenters. The van der Waals surface area contributed by atoms with E-state index < -0.39 is 0 Å². The van der Waals surface area contributed by atoms with E-state index >= 15 is 0 Å². The molecule has 0 saturated carbocycles. The van der Waals surface area contributed by atoms with Crippen LogP contribution in [0.15, 0.2) is 42.6 Å². The van der Waals surface area contributed by atoms with Gasteiger partial charge in [-0.2, -0.15) is 5.10 Å². The van der Waals surface area contributed by atoms with E-state index in [1.807, 2.05) is 41.2 Å². The van der Waals surface area contributed by atoms with Gasteiger partial charge in [0.05, 0.1) is 6.04 Å². The number of hydrogen-bond acceptors (Lipinski definition) is 4. The number of nitrogens with zero attached hydrogens (tertiary/aromatic N) is 2. The first-order valence-corrected chi connectivity index (χ1v) is 9.49. The topological polar surface area (TPSA) is 71.0 Å². The highest BCUT2D eigenvalue weighted by atomic mass is 16.1. The lowest BCUT2D eigenvalue weighted by molar-refractivity contribution is 0.0944. The van der Waals surface area contributed by atoms with Crippen molar-refractivity contribution in [1.29, 1.82) is 0 Å². The first kappa shape index (κ1) is 18.5. The highest BCUT2D eigenvalue weighted by Crippen LogP contribution is 2.16. The molecule has 1 amide bonds. The average molecular weight is 355 g/mol. The van der Waals surface area contributed by atoms with E-state index in [2.05, 4.69) is 34.9 Å². The van der Waals surface area contributed by atoms with Crippen molar-refractivity contribution in [3.05, 3.63) is 48.3 Å². The lowest BCUT2D eigenvalue weighted by Crippen LogP contribution is -2.39. The van der Waals surface area contributed by atoms with E-state index in [0.717, 1.165) is 31.6 Å². The maximum Gasteiger partial charge on any atom is 0.271 e. The van der Waals surface area contributed by atoms with Gasteiger partial charge >= 0.3 is 0 Å². The fraction of sp³-hybridized carbons (Fsp3) is 0.500. The van der Waals surface area contributed by atoms with Crippen LogP contribution < -0.4 is 16.0 Å². The molecule has 2 aromatic rings. The molecule has 140 valence electrons. The lowest BCUT2D eigenvalue weighted by atomic mass is 10.0. The predicted molar refractivity (Wildman–Crippen MR) is 104 cm³/mol. The molecule has 3 rings (SSSR count). The Balaban J connectivity index is 1.55. The number of rotatable bonds is 7. The molecule has 2 heterocycles. The number of hydrogen-bond donors (Lipinski definition) is 3. The van der Waals surface area contributed by atoms with Crippen LogP contribution in [0.1, 0.15) is 43.2 Å². The van der Waals surface area contributed by atoms with Crippen molar-refractivity contribution in [3.63, 3.8) is 0 Å². The summed E-state index contributed by atoms with van der Waals surface area (Å²) in [5, 5.41) is 14.4. The Morgan fingerprint density at radius 3 is 2.81 bits per heavy atom. The van der Waals surface area contributed by atoms with Crippen molar-refractivity contribution in [3.8, 4) is 0 Å². The van der Waals surface area contributed by atoms with Crippen LogP contribution in [0.25, 0.3) is 0 Å². The smallest absolute Gasteiger partial charge is 0.271 e. The summed E-state index contributed by atoms with van der Waals surface area (Å²) >= 11 is 0. The summed E-state index contributed by atoms with van der Waals surface area (Å²) in [4.78, 5) is 12.5. The van der Waals surface area contributed by atoms with E-state index in [-0.39, 0.29) is 11.9 Å². The largest absolute Gasteiger partial charge is 0.380 e. The van der Waals surface area contributed by atoms with Gasteiger partial charge in [0.2, 0.25) is 0 Å². The second-order valence-corrected chi connectivity index (χ2v) is 7.25. The van der Waals surface area contributed by atoms with Gasteiger partial charge in [0.15, 0.2) is 0 Å². The van der Waals surface area contributed by atoms with Gasteiger partial charge < -0.3 is 16.0 Å². The van der Waals surface area contributed by atoms with Gasteiger partial charge in [-0.05, 0) is 43.5 Å². The fourth-order valence-corrected chi connectivity index (χ4v) is 3.22. The van der Waals surface area contributed by atoms with E-state index in [4.69, 9.17) is 0 Å². The molecule has 3 N–H and O–H groups in total. The number of anilines is 1. The first-order valence-electron chi connectivity index (χ1n) is 9.49. The SMILES string of the molecule is CC(C)C(CNC(=O)c1ccn(C2CCCNC2)n1)Nc1ccccc1. The summed E-state index contributed by atoms with van der Waals surface area (Å²) in [5.41, 5.74) is 1.55. The standard InChI is InChI=1S/C20H29N5O/c1-15(2)19(23-16-7-4-3-5-8-16)14-22-20(26)18-10-12-25(24-18)17-9-6-11-21-13-17/h3-5,7-8,10,12,15,17,19,21,23H,6,9,11,13-14H2,1-2H3,(H,22,26). The Hall–Kier alpha value is -2.34. The molecule has 26 heavy (non-hydrogen) atoms. The maximum absolute atomic E-state index is 12.5. The number of nitrogens with one attached hydrogen (secondary N) is 3. The average Bonchev–Trinajstić information content (AvgIpc) is 3.16. The minimum atomic E-state index is -0.118. The van der Waals surface area contributed by atoms with Crippen molar-refractivity contribution in [1.82, 2.24) is 20.4 Å². The van der Waals surface area contributed by atoms with Crippen LogP contribution >= 0.6 is 0 Å². The normalized spacial score (nSPS) is 18.5. The van der Waals surface area contributed by atoms with Gasteiger partial charge in [-0.25, -0.2) is 0 Å². The predicted octanol–water partition coefficient (Wildman–Crippen LogP) is 2.67. The maximum atomic E-state index is 12.5. The highest BCUT2D eigenvalue weighted by molar-refractivity contribution is 5.92. The number of aromatic nitrogens is 2. The Morgan fingerprint density at radius 1 is 1.31 bits per heavy atom. The van der Waals surface area contributed by atoms with Gasteiger partial charge in [0, 0.05) is 31.0 Å². The summed E-state index contributed by atoms with van der Waals surface area (Å²) in [6, 6.07) is 12.4. The highest BCUT2D eigenvalue weighted by Gasteiger charge is 2.19. The van der Waals surface area contributed by atoms with Crippen LogP contribution in [0.4, 0.5) is 5.69 Å². The summed E-state index contributed by atoms with van der Waals surface area (Å²) in [6.45, 7) is 6.84. The van der Waals surface area contributed by atoms with E-state index in [9.17, 15) is 4.79 Å². The van der Waals surface area contributed by atoms with Crippen LogP contribution in [-0.4, -0.2) is 41.4 Å². The van der Waals surface area contributed by atoms with Gasteiger partial charge in [0.25, 0.3) is 5.91 Å². The number of para-hydroxylation sites is 1. The molecule has 1 aliphatic rings.